The van der Waals surface area contributed by atoms with E-state index in [4.69, 9.17) is 21.4 Å². The zero-order chi connectivity index (χ0) is 17.3. The Hall–Kier alpha value is -1.66. The van der Waals surface area contributed by atoms with Gasteiger partial charge in [0, 0.05) is 41.7 Å². The number of hydrogen-bond donors (Lipinski definition) is 1. The average Bonchev–Trinajstić information content (AvgIpc) is 3.33. The van der Waals surface area contributed by atoms with Gasteiger partial charge in [-0.3, -0.25) is 9.59 Å². The number of carboxylic acid groups (broad SMARTS) is 1. The lowest BCUT2D eigenvalue weighted by Gasteiger charge is -2.33. The zero-order valence-corrected chi connectivity index (χ0v) is 13.8. The van der Waals surface area contributed by atoms with Crippen molar-refractivity contribution in [2.24, 2.45) is 5.92 Å². The molecule has 1 aromatic rings. The van der Waals surface area contributed by atoms with Crippen LogP contribution in [0.2, 0.25) is 5.02 Å². The summed E-state index contributed by atoms with van der Waals surface area (Å²) in [6.45, 7) is 0.695. The van der Waals surface area contributed by atoms with Crippen molar-refractivity contribution in [1.82, 2.24) is 4.90 Å². The molecule has 1 saturated heterocycles. The maximum atomic E-state index is 14.0. The van der Waals surface area contributed by atoms with Gasteiger partial charge in [0.1, 0.15) is 12.4 Å². The smallest absolute Gasteiger partial charge is 0.323 e. The maximum Gasteiger partial charge on any atom is 0.323 e. The molecule has 1 amide bonds. The predicted octanol–water partition coefficient (Wildman–Crippen LogP) is 2.67. The fourth-order valence-corrected chi connectivity index (χ4v) is 3.70. The monoisotopic (exact) mass is 355 g/mol. The first-order valence-corrected chi connectivity index (χ1v) is 8.40. The summed E-state index contributed by atoms with van der Waals surface area (Å²) in [7, 11) is 0. The quantitative estimate of drug-likeness (QED) is 0.881. The molecule has 2 unspecified atom stereocenters. The van der Waals surface area contributed by atoms with Crippen LogP contribution in [0.4, 0.5) is 4.39 Å². The van der Waals surface area contributed by atoms with Crippen molar-refractivity contribution in [3.8, 4) is 0 Å². The maximum absolute atomic E-state index is 14.0. The molecule has 1 aliphatic heterocycles. The summed E-state index contributed by atoms with van der Waals surface area (Å²) in [6.07, 6.45) is 1.74. The van der Waals surface area contributed by atoms with Gasteiger partial charge in [0.2, 0.25) is 5.91 Å². The third-order valence-electron chi connectivity index (χ3n) is 4.70. The molecule has 1 heterocycles. The molecule has 5 nitrogen and oxygen atoms in total. The topological polar surface area (TPSA) is 66.8 Å². The van der Waals surface area contributed by atoms with Gasteiger partial charge in [-0.2, -0.15) is 0 Å². The van der Waals surface area contributed by atoms with Crippen LogP contribution in [0.1, 0.15) is 30.7 Å². The minimum absolute atomic E-state index is 0.139. The first kappa shape index (κ1) is 17.2. The number of benzene rings is 1. The van der Waals surface area contributed by atoms with Crippen LogP contribution in [0.3, 0.4) is 0 Å². The number of aliphatic carboxylic acids is 1. The number of ether oxygens (including phenoxy) is 1. The van der Waals surface area contributed by atoms with E-state index in [1.807, 2.05) is 0 Å². The summed E-state index contributed by atoms with van der Waals surface area (Å²) in [4.78, 5) is 25.4. The van der Waals surface area contributed by atoms with E-state index < -0.39 is 17.7 Å². The van der Waals surface area contributed by atoms with Gasteiger partial charge in [-0.25, -0.2) is 4.39 Å². The number of halogens is 2. The van der Waals surface area contributed by atoms with Crippen LogP contribution < -0.4 is 0 Å². The second kappa shape index (κ2) is 7.07. The number of carboxylic acids is 1. The van der Waals surface area contributed by atoms with E-state index in [2.05, 4.69) is 0 Å². The fourth-order valence-electron chi connectivity index (χ4n) is 3.39. The lowest BCUT2D eigenvalue weighted by Crippen LogP contribution is -2.46. The van der Waals surface area contributed by atoms with Gasteiger partial charge < -0.3 is 14.7 Å². The molecule has 0 radical (unpaired) electrons. The third kappa shape index (κ3) is 3.54. The van der Waals surface area contributed by atoms with Gasteiger partial charge in [0.05, 0.1) is 0 Å². The standard InChI is InChI=1S/C17H19ClFNO4/c18-13-2-1-3-14(19)16(13)11-8-12(11)17(23)20(9-15(21)22)10-4-6-24-7-5-10/h1-3,10-12H,4-9H2,(H,21,22). The average molecular weight is 356 g/mol. The largest absolute Gasteiger partial charge is 0.480 e. The lowest BCUT2D eigenvalue weighted by atomic mass is 10.0. The molecule has 1 N–H and O–H groups in total. The summed E-state index contributed by atoms with van der Waals surface area (Å²) >= 11 is 6.07. The van der Waals surface area contributed by atoms with Crippen LogP contribution in [0.5, 0.6) is 0 Å². The predicted molar refractivity (Wildman–Crippen MR) is 85.4 cm³/mol. The summed E-state index contributed by atoms with van der Waals surface area (Å²) in [5, 5.41) is 9.44. The second-order valence-electron chi connectivity index (χ2n) is 6.29. The Labute approximate surface area is 144 Å². The molecule has 1 aliphatic carbocycles. The Morgan fingerprint density at radius 2 is 2.04 bits per heavy atom. The number of carbonyl (C=O) groups is 2. The van der Waals surface area contributed by atoms with Crippen molar-refractivity contribution in [3.63, 3.8) is 0 Å². The highest BCUT2D eigenvalue weighted by Crippen LogP contribution is 2.51. The van der Waals surface area contributed by atoms with Crippen LogP contribution in [0.15, 0.2) is 18.2 Å². The summed E-state index contributed by atoms with van der Waals surface area (Å²) in [5.74, 6) is -2.37. The molecular formula is C17H19ClFNO4. The summed E-state index contributed by atoms with van der Waals surface area (Å²) in [6, 6.07) is 4.32. The van der Waals surface area contributed by atoms with Gasteiger partial charge in [0.25, 0.3) is 0 Å². The van der Waals surface area contributed by atoms with Crippen LogP contribution in [0, 0.1) is 11.7 Å². The van der Waals surface area contributed by atoms with E-state index in [1.54, 1.807) is 6.07 Å². The molecule has 24 heavy (non-hydrogen) atoms. The lowest BCUT2D eigenvalue weighted by molar-refractivity contribution is -0.148. The van der Waals surface area contributed by atoms with Crippen LogP contribution in [0.25, 0.3) is 0 Å². The van der Waals surface area contributed by atoms with Crippen molar-refractivity contribution in [1.29, 1.82) is 0 Å². The van der Waals surface area contributed by atoms with Gasteiger partial charge in [-0.05, 0) is 31.4 Å². The Bertz CT molecular complexity index is 627. The number of rotatable bonds is 5. The molecule has 0 spiro atoms. The molecule has 130 valence electrons. The molecule has 2 fully saturated rings. The highest BCUT2D eigenvalue weighted by atomic mass is 35.5. The van der Waals surface area contributed by atoms with E-state index in [1.165, 1.54) is 17.0 Å². The van der Waals surface area contributed by atoms with Crippen molar-refractivity contribution >= 4 is 23.5 Å². The molecule has 2 aliphatic rings. The zero-order valence-electron chi connectivity index (χ0n) is 13.1. The van der Waals surface area contributed by atoms with E-state index in [-0.39, 0.29) is 24.4 Å². The molecule has 7 heteroatoms. The fraction of sp³-hybridized carbons (Fsp3) is 0.529. The van der Waals surface area contributed by atoms with Gasteiger partial charge >= 0.3 is 5.97 Å². The van der Waals surface area contributed by atoms with Gasteiger partial charge in [0.15, 0.2) is 0 Å². The SMILES string of the molecule is O=C(O)CN(C(=O)C1CC1c1c(F)cccc1Cl)C1CCOCC1. The van der Waals surface area contributed by atoms with Crippen LogP contribution in [-0.4, -0.2) is 47.7 Å². The van der Waals surface area contributed by atoms with Crippen molar-refractivity contribution in [2.75, 3.05) is 19.8 Å². The van der Waals surface area contributed by atoms with Crippen LogP contribution >= 0.6 is 11.6 Å². The van der Waals surface area contributed by atoms with Crippen molar-refractivity contribution in [2.45, 2.75) is 31.2 Å². The van der Waals surface area contributed by atoms with Crippen molar-refractivity contribution in [3.05, 3.63) is 34.6 Å². The summed E-state index contributed by atoms with van der Waals surface area (Å²) in [5.41, 5.74) is 0.361. The first-order valence-electron chi connectivity index (χ1n) is 8.03. The Morgan fingerprint density at radius 3 is 2.67 bits per heavy atom. The van der Waals surface area contributed by atoms with E-state index in [9.17, 15) is 14.0 Å². The molecule has 0 aromatic heterocycles. The molecular weight excluding hydrogens is 337 g/mol. The number of carbonyl (C=O) groups excluding carboxylic acids is 1. The number of nitrogens with zero attached hydrogens (tertiary/aromatic N) is 1. The van der Waals surface area contributed by atoms with Crippen LogP contribution in [-0.2, 0) is 14.3 Å². The third-order valence-corrected chi connectivity index (χ3v) is 5.03. The molecule has 0 bridgehead atoms. The molecule has 1 saturated carbocycles. The molecule has 1 aromatic carbocycles. The minimum Gasteiger partial charge on any atom is -0.480 e. The minimum atomic E-state index is -1.05. The Morgan fingerprint density at radius 1 is 1.33 bits per heavy atom. The molecule has 2 atom stereocenters. The Balaban J connectivity index is 1.75. The van der Waals surface area contributed by atoms with Crippen molar-refractivity contribution < 1.29 is 23.8 Å². The van der Waals surface area contributed by atoms with E-state index in [0.29, 0.717) is 43.1 Å². The Kier molecular flexibility index (Phi) is 5.06. The van der Waals surface area contributed by atoms with Gasteiger partial charge in [-0.15, -0.1) is 0 Å². The highest BCUT2D eigenvalue weighted by Gasteiger charge is 2.49. The summed E-state index contributed by atoms with van der Waals surface area (Å²) < 4.78 is 19.3. The van der Waals surface area contributed by atoms with E-state index in [0.717, 1.165) is 0 Å². The van der Waals surface area contributed by atoms with Gasteiger partial charge in [-0.1, -0.05) is 17.7 Å². The van der Waals surface area contributed by atoms with E-state index >= 15 is 0 Å². The number of hydrogen-bond acceptors (Lipinski definition) is 3. The second-order valence-corrected chi connectivity index (χ2v) is 6.69. The first-order chi connectivity index (χ1) is 11.5. The highest BCUT2D eigenvalue weighted by molar-refractivity contribution is 6.31. The number of amides is 1. The molecule has 3 rings (SSSR count). The normalized spacial score (nSPS) is 23.8.